The molecule has 5 rings (SSSR count). The van der Waals surface area contributed by atoms with Crippen LogP contribution < -0.4 is 21.4 Å². The van der Waals surface area contributed by atoms with Gasteiger partial charge in [0.15, 0.2) is 5.75 Å². The third-order valence-electron chi connectivity index (χ3n) is 8.37. The first-order valence-corrected chi connectivity index (χ1v) is 14.7. The van der Waals surface area contributed by atoms with Gasteiger partial charge in [-0.3, -0.25) is 39.9 Å². The van der Waals surface area contributed by atoms with Gasteiger partial charge in [-0.05, 0) is 57.4 Å². The SMILES string of the molecule is NOOc1cc(C(=O)NC2CCC(c3nnc(C4CCC(NC(=O)c5cc([N+](=O)[O-])cc([N+](=O)[O-])c5)CC4)o3)CC2)cc([N+](=O)[O-])c1. The molecule has 0 bridgehead atoms. The predicted octanol–water partition coefficient (Wildman–Crippen LogP) is 3.89. The second kappa shape index (κ2) is 14.3. The van der Waals surface area contributed by atoms with E-state index >= 15 is 0 Å². The smallest absolute Gasteiger partial charge is 0.277 e. The number of nitrogens with one attached hydrogen (secondary N) is 2. The first kappa shape index (κ1) is 32.8. The summed E-state index contributed by atoms with van der Waals surface area (Å²) in [5.74, 6) is 4.64. The molecule has 2 aliphatic carbocycles. The van der Waals surface area contributed by atoms with E-state index in [0.29, 0.717) is 63.1 Å². The molecule has 19 heteroatoms. The first-order chi connectivity index (χ1) is 22.5. The van der Waals surface area contributed by atoms with Crippen LogP contribution in [0.15, 0.2) is 40.8 Å². The van der Waals surface area contributed by atoms with Crippen molar-refractivity contribution in [2.45, 2.75) is 75.3 Å². The summed E-state index contributed by atoms with van der Waals surface area (Å²) in [5.41, 5.74) is -1.57. The van der Waals surface area contributed by atoms with Crippen LogP contribution in [0, 0.1) is 30.3 Å². The van der Waals surface area contributed by atoms with E-state index in [1.54, 1.807) is 0 Å². The van der Waals surface area contributed by atoms with Gasteiger partial charge in [0.1, 0.15) is 0 Å². The molecule has 0 unspecified atom stereocenters. The summed E-state index contributed by atoms with van der Waals surface area (Å²) in [6, 6.07) is 5.92. The highest BCUT2D eigenvalue weighted by Crippen LogP contribution is 2.37. The number of amides is 2. The van der Waals surface area contributed by atoms with Crippen molar-refractivity contribution in [2.75, 3.05) is 0 Å². The van der Waals surface area contributed by atoms with E-state index in [1.807, 2.05) is 0 Å². The van der Waals surface area contributed by atoms with E-state index in [4.69, 9.17) is 10.3 Å². The zero-order valence-corrected chi connectivity index (χ0v) is 24.7. The number of non-ortho nitro benzene ring substituents is 3. The van der Waals surface area contributed by atoms with Crippen molar-refractivity contribution in [1.82, 2.24) is 20.8 Å². The van der Waals surface area contributed by atoms with E-state index < -0.39 is 38.0 Å². The van der Waals surface area contributed by atoms with E-state index in [0.717, 1.165) is 30.3 Å². The molecule has 248 valence electrons. The Morgan fingerprint density at radius 3 is 1.49 bits per heavy atom. The molecule has 3 aromatic rings. The van der Waals surface area contributed by atoms with Crippen LogP contribution in [-0.4, -0.2) is 48.9 Å². The minimum atomic E-state index is -0.785. The molecule has 1 heterocycles. The van der Waals surface area contributed by atoms with Crippen LogP contribution in [0.3, 0.4) is 0 Å². The molecule has 2 aliphatic rings. The van der Waals surface area contributed by atoms with Crippen LogP contribution in [-0.2, 0) is 4.99 Å². The van der Waals surface area contributed by atoms with E-state index in [-0.39, 0.29) is 46.5 Å². The Hall–Kier alpha value is -5.56. The molecule has 47 heavy (non-hydrogen) atoms. The normalized spacial score (nSPS) is 21.0. The number of nitrogens with zero attached hydrogens (tertiary/aromatic N) is 5. The second-order valence-electron chi connectivity index (χ2n) is 11.4. The zero-order valence-electron chi connectivity index (χ0n) is 24.7. The quantitative estimate of drug-likeness (QED) is 0.150. The molecular formula is C28H30N8O11. The molecule has 0 spiro atoms. The van der Waals surface area contributed by atoms with Crippen LogP contribution in [0.4, 0.5) is 17.1 Å². The molecule has 2 amide bonds. The molecule has 2 fully saturated rings. The number of benzene rings is 2. The van der Waals surface area contributed by atoms with Gasteiger partial charge in [0.2, 0.25) is 11.8 Å². The van der Waals surface area contributed by atoms with Gasteiger partial charge in [-0.1, -0.05) is 4.99 Å². The van der Waals surface area contributed by atoms with Gasteiger partial charge in [0.25, 0.3) is 28.9 Å². The van der Waals surface area contributed by atoms with Crippen molar-refractivity contribution >= 4 is 28.9 Å². The van der Waals surface area contributed by atoms with Gasteiger partial charge in [-0.25, -0.2) is 0 Å². The monoisotopic (exact) mass is 654 g/mol. The maximum atomic E-state index is 12.8. The summed E-state index contributed by atoms with van der Waals surface area (Å²) in [5, 5.41) is 47.8. The number of carbonyl (C=O) groups excluding carboxylic acids is 2. The molecule has 2 aromatic carbocycles. The number of rotatable bonds is 11. The van der Waals surface area contributed by atoms with Gasteiger partial charge in [0.05, 0.1) is 32.5 Å². The lowest BCUT2D eigenvalue weighted by Gasteiger charge is -2.28. The Morgan fingerprint density at radius 1 is 0.681 bits per heavy atom. The Kier molecular flexibility index (Phi) is 9.95. The summed E-state index contributed by atoms with van der Waals surface area (Å²) >= 11 is 0. The van der Waals surface area contributed by atoms with Gasteiger partial charge in [0, 0.05) is 47.7 Å². The average Bonchev–Trinajstić information content (AvgIpc) is 3.55. The number of nitro benzene ring substituents is 3. The van der Waals surface area contributed by atoms with Crippen LogP contribution in [0.1, 0.15) is 95.7 Å². The van der Waals surface area contributed by atoms with Crippen molar-refractivity contribution in [2.24, 2.45) is 5.90 Å². The third-order valence-corrected chi connectivity index (χ3v) is 8.37. The number of nitrogens with two attached hydrogens (primary N) is 1. The Balaban J connectivity index is 1.11. The first-order valence-electron chi connectivity index (χ1n) is 14.7. The van der Waals surface area contributed by atoms with Crippen LogP contribution in [0.2, 0.25) is 0 Å². The molecule has 2 saturated carbocycles. The Labute approximate surface area is 265 Å². The summed E-state index contributed by atoms with van der Waals surface area (Å²) < 4.78 is 6.05. The maximum Gasteiger partial charge on any atom is 0.277 e. The summed E-state index contributed by atoms with van der Waals surface area (Å²) in [4.78, 5) is 65.6. The second-order valence-corrected chi connectivity index (χ2v) is 11.4. The molecule has 0 radical (unpaired) electrons. The molecule has 0 saturated heterocycles. The topological polar surface area (TPSA) is 271 Å². The lowest BCUT2D eigenvalue weighted by molar-refractivity contribution is -0.394. The van der Waals surface area contributed by atoms with Crippen molar-refractivity contribution in [1.29, 1.82) is 0 Å². The standard InChI is InChI=1S/C28H30N8O11/c29-47-46-24-12-18(11-23(14-24)36(43)44)26(38)31-20-7-3-16(4-8-20)28-33-32-27(45-28)15-1-5-19(6-2-15)30-25(37)17-9-21(34(39)40)13-22(10-17)35(41)42/h9-16,19-20H,1-8,29H2,(H,30,37)(H,31,38). The summed E-state index contributed by atoms with van der Waals surface area (Å²) in [6.07, 6.45) is 5.02. The number of aromatic nitrogens is 2. The van der Waals surface area contributed by atoms with Crippen molar-refractivity contribution in [3.63, 3.8) is 0 Å². The molecular weight excluding hydrogens is 624 g/mol. The minimum absolute atomic E-state index is 0.00136. The lowest BCUT2D eigenvalue weighted by Crippen LogP contribution is -2.37. The molecule has 4 N–H and O–H groups in total. The fourth-order valence-electron chi connectivity index (χ4n) is 5.94. The third kappa shape index (κ3) is 8.00. The molecule has 0 atom stereocenters. The largest absolute Gasteiger partial charge is 0.425 e. The number of hydrogen-bond acceptors (Lipinski definition) is 14. The van der Waals surface area contributed by atoms with Gasteiger partial charge in [-0.2, -0.15) is 5.90 Å². The fraction of sp³-hybridized carbons (Fsp3) is 0.429. The Morgan fingerprint density at radius 2 is 1.09 bits per heavy atom. The molecule has 19 nitrogen and oxygen atoms in total. The summed E-state index contributed by atoms with van der Waals surface area (Å²) in [7, 11) is 0. The summed E-state index contributed by atoms with van der Waals surface area (Å²) in [6.45, 7) is 0. The van der Waals surface area contributed by atoms with Crippen LogP contribution in [0.5, 0.6) is 5.75 Å². The van der Waals surface area contributed by atoms with Gasteiger partial charge < -0.3 is 19.9 Å². The maximum absolute atomic E-state index is 12.8. The van der Waals surface area contributed by atoms with Gasteiger partial charge >= 0.3 is 0 Å². The Bertz CT molecular complexity index is 1650. The van der Waals surface area contributed by atoms with Crippen LogP contribution in [0.25, 0.3) is 0 Å². The molecule has 0 aliphatic heterocycles. The average molecular weight is 655 g/mol. The van der Waals surface area contributed by atoms with Crippen molar-refractivity contribution in [3.8, 4) is 5.75 Å². The lowest BCUT2D eigenvalue weighted by atomic mass is 9.85. The van der Waals surface area contributed by atoms with E-state index in [9.17, 15) is 39.9 Å². The highest BCUT2D eigenvalue weighted by molar-refractivity contribution is 5.96. The van der Waals surface area contributed by atoms with Crippen molar-refractivity contribution in [3.05, 3.63) is 89.6 Å². The number of carbonyl (C=O) groups is 2. The van der Waals surface area contributed by atoms with Gasteiger partial charge in [-0.15, -0.1) is 10.2 Å². The number of hydrogen-bond donors (Lipinski definition) is 3. The highest BCUT2D eigenvalue weighted by atomic mass is 17.3. The number of nitro groups is 3. The predicted molar refractivity (Wildman–Crippen MR) is 158 cm³/mol. The minimum Gasteiger partial charge on any atom is -0.425 e. The molecule has 1 aromatic heterocycles. The van der Waals surface area contributed by atoms with Crippen molar-refractivity contribution < 1.29 is 38.7 Å². The zero-order chi connectivity index (χ0) is 33.7. The van der Waals surface area contributed by atoms with E-state index in [2.05, 4.69) is 30.7 Å². The van der Waals surface area contributed by atoms with E-state index in [1.165, 1.54) is 6.07 Å². The highest BCUT2D eigenvalue weighted by Gasteiger charge is 2.31. The fourth-order valence-corrected chi connectivity index (χ4v) is 5.94. The van der Waals surface area contributed by atoms with Crippen LogP contribution >= 0.6 is 0 Å².